The minimum absolute atomic E-state index is 0.0686. The topological polar surface area (TPSA) is 12.5 Å². The Bertz CT molecular complexity index is 207. The smallest absolute Gasteiger partial charge is 0.0647 e. The van der Waals surface area contributed by atoms with Crippen LogP contribution in [-0.2, 0) is 4.74 Å². The van der Waals surface area contributed by atoms with Gasteiger partial charge in [0.15, 0.2) is 0 Å². The minimum atomic E-state index is -0.0686. The molecule has 0 N–H and O–H groups in total. The normalized spacial score (nSPS) is 14.2. The molecule has 0 rings (SSSR count). The van der Waals surface area contributed by atoms with E-state index in [1.165, 1.54) is 0 Å². The Labute approximate surface area is 102 Å². The van der Waals surface area contributed by atoms with E-state index < -0.39 is 0 Å². The molecule has 2 heteroatoms. The van der Waals surface area contributed by atoms with Crippen molar-refractivity contribution in [2.45, 2.75) is 85.1 Å². The summed E-state index contributed by atoms with van der Waals surface area (Å²) in [5.41, 5.74) is 0.0906. The van der Waals surface area contributed by atoms with E-state index in [1.807, 2.05) is 0 Å². The van der Waals surface area contributed by atoms with Crippen LogP contribution >= 0.6 is 0 Å². The van der Waals surface area contributed by atoms with E-state index in [0.717, 1.165) is 6.42 Å². The van der Waals surface area contributed by atoms with E-state index in [1.54, 1.807) is 0 Å². The van der Waals surface area contributed by atoms with Gasteiger partial charge in [0.2, 0.25) is 0 Å². The molecule has 16 heavy (non-hydrogen) atoms. The molecule has 0 amide bonds. The highest BCUT2D eigenvalue weighted by atomic mass is 16.5. The fourth-order valence-electron chi connectivity index (χ4n) is 2.55. The first-order valence-electron chi connectivity index (χ1n) is 6.39. The molecule has 0 aromatic heterocycles. The van der Waals surface area contributed by atoms with Crippen LogP contribution in [0.5, 0.6) is 0 Å². The van der Waals surface area contributed by atoms with Gasteiger partial charge in [0.1, 0.15) is 0 Å². The van der Waals surface area contributed by atoms with Crippen molar-refractivity contribution in [3.8, 4) is 0 Å². The molecule has 0 bridgehead atoms. The summed E-state index contributed by atoms with van der Waals surface area (Å²) in [5, 5.41) is 0. The lowest BCUT2D eigenvalue weighted by atomic mass is 9.87. The molecular weight excluding hydrogens is 198 g/mol. The molecule has 0 spiro atoms. The van der Waals surface area contributed by atoms with Crippen molar-refractivity contribution in [3.05, 3.63) is 0 Å². The third kappa shape index (κ3) is 5.31. The SMILES string of the molecule is CC(C)OC(C)(C)CC(C)(C)N(C)C(C)C. The Morgan fingerprint density at radius 2 is 1.44 bits per heavy atom. The van der Waals surface area contributed by atoms with Gasteiger partial charge in [-0.1, -0.05) is 0 Å². The molecule has 0 aliphatic rings. The van der Waals surface area contributed by atoms with E-state index in [-0.39, 0.29) is 17.2 Å². The van der Waals surface area contributed by atoms with E-state index in [9.17, 15) is 0 Å². The number of rotatable bonds is 6. The quantitative estimate of drug-likeness (QED) is 0.688. The van der Waals surface area contributed by atoms with Crippen LogP contribution in [0.1, 0.15) is 61.8 Å². The van der Waals surface area contributed by atoms with Gasteiger partial charge in [-0.2, -0.15) is 0 Å². The Morgan fingerprint density at radius 1 is 1.00 bits per heavy atom. The molecule has 0 atom stereocenters. The van der Waals surface area contributed by atoms with Crippen LogP contribution in [0.15, 0.2) is 0 Å². The molecule has 0 fully saturated rings. The molecule has 0 radical (unpaired) electrons. The summed E-state index contributed by atoms with van der Waals surface area (Å²) in [6.07, 6.45) is 1.32. The zero-order chi connectivity index (χ0) is 13.1. The van der Waals surface area contributed by atoms with Gasteiger partial charge in [-0.05, 0) is 68.9 Å². The third-order valence-electron chi connectivity index (χ3n) is 3.14. The molecule has 0 saturated heterocycles. The van der Waals surface area contributed by atoms with E-state index >= 15 is 0 Å². The summed E-state index contributed by atoms with van der Waals surface area (Å²) < 4.78 is 5.98. The highest BCUT2D eigenvalue weighted by Crippen LogP contribution is 2.29. The largest absolute Gasteiger partial charge is 0.373 e. The maximum atomic E-state index is 5.98. The summed E-state index contributed by atoms with van der Waals surface area (Å²) in [6, 6.07) is 0.560. The van der Waals surface area contributed by atoms with Crippen LogP contribution in [0.3, 0.4) is 0 Å². The first-order valence-corrected chi connectivity index (χ1v) is 6.39. The van der Waals surface area contributed by atoms with Gasteiger partial charge in [0.25, 0.3) is 0 Å². The maximum absolute atomic E-state index is 5.98. The third-order valence-corrected chi connectivity index (χ3v) is 3.14. The number of hydrogen-bond acceptors (Lipinski definition) is 2. The predicted octanol–water partition coefficient (Wildman–Crippen LogP) is 3.70. The summed E-state index contributed by atoms with van der Waals surface area (Å²) in [6.45, 7) is 17.6. The molecule has 0 aromatic rings. The predicted molar refractivity (Wildman–Crippen MR) is 71.9 cm³/mol. The van der Waals surface area contributed by atoms with Gasteiger partial charge in [0.05, 0.1) is 11.7 Å². The average Bonchev–Trinajstić information content (AvgIpc) is 1.97. The highest BCUT2D eigenvalue weighted by molar-refractivity contribution is 4.88. The summed E-state index contributed by atoms with van der Waals surface area (Å²) in [5.74, 6) is 0. The Kier molecular flexibility index (Phi) is 5.48. The average molecular weight is 229 g/mol. The molecule has 0 unspecified atom stereocenters. The maximum Gasteiger partial charge on any atom is 0.0647 e. The fourth-order valence-corrected chi connectivity index (χ4v) is 2.55. The standard InChI is InChI=1S/C14H31NO/c1-11(2)15(9)13(5,6)10-14(7,8)16-12(3)4/h11-12H,10H2,1-9H3. The summed E-state index contributed by atoms with van der Waals surface area (Å²) in [7, 11) is 2.19. The molecule has 0 aromatic carbocycles. The summed E-state index contributed by atoms with van der Waals surface area (Å²) in [4.78, 5) is 2.42. The lowest BCUT2D eigenvalue weighted by molar-refractivity contribution is -0.0865. The van der Waals surface area contributed by atoms with Crippen molar-refractivity contribution in [3.63, 3.8) is 0 Å². The number of hydrogen-bond donors (Lipinski definition) is 0. The van der Waals surface area contributed by atoms with E-state index in [2.05, 4.69) is 67.3 Å². The van der Waals surface area contributed by atoms with Crippen LogP contribution in [0.2, 0.25) is 0 Å². The van der Waals surface area contributed by atoms with Crippen molar-refractivity contribution in [1.29, 1.82) is 0 Å². The van der Waals surface area contributed by atoms with Crippen molar-refractivity contribution < 1.29 is 4.74 Å². The van der Waals surface area contributed by atoms with Crippen molar-refractivity contribution in [2.75, 3.05) is 7.05 Å². The number of nitrogens with zero attached hydrogens (tertiary/aromatic N) is 1. The second-order valence-corrected chi connectivity index (χ2v) is 6.62. The lowest BCUT2D eigenvalue weighted by Crippen LogP contribution is -2.50. The van der Waals surface area contributed by atoms with E-state index in [4.69, 9.17) is 4.74 Å². The fraction of sp³-hybridized carbons (Fsp3) is 1.00. The molecular formula is C14H31NO. The van der Waals surface area contributed by atoms with Gasteiger partial charge in [0, 0.05) is 11.6 Å². The monoisotopic (exact) mass is 229 g/mol. The molecule has 0 aliphatic heterocycles. The van der Waals surface area contributed by atoms with Crippen molar-refractivity contribution >= 4 is 0 Å². The highest BCUT2D eigenvalue weighted by Gasteiger charge is 2.33. The summed E-state index contributed by atoms with van der Waals surface area (Å²) >= 11 is 0. The van der Waals surface area contributed by atoms with Crippen LogP contribution in [0, 0.1) is 0 Å². The molecule has 0 aliphatic carbocycles. The van der Waals surface area contributed by atoms with Crippen molar-refractivity contribution in [1.82, 2.24) is 4.90 Å². The van der Waals surface area contributed by atoms with Crippen LogP contribution < -0.4 is 0 Å². The van der Waals surface area contributed by atoms with Crippen molar-refractivity contribution in [2.24, 2.45) is 0 Å². The second kappa shape index (κ2) is 5.50. The molecule has 0 heterocycles. The zero-order valence-electron chi connectivity index (χ0n) is 12.7. The Balaban J connectivity index is 4.56. The van der Waals surface area contributed by atoms with Crippen LogP contribution in [-0.4, -0.2) is 35.2 Å². The van der Waals surface area contributed by atoms with Gasteiger partial charge < -0.3 is 4.74 Å². The van der Waals surface area contributed by atoms with E-state index in [0.29, 0.717) is 6.04 Å². The van der Waals surface area contributed by atoms with Gasteiger partial charge in [-0.3, -0.25) is 4.90 Å². The van der Waals surface area contributed by atoms with Gasteiger partial charge in [-0.15, -0.1) is 0 Å². The molecule has 98 valence electrons. The lowest BCUT2D eigenvalue weighted by Gasteiger charge is -2.43. The Morgan fingerprint density at radius 3 is 1.75 bits per heavy atom. The van der Waals surface area contributed by atoms with Gasteiger partial charge >= 0.3 is 0 Å². The minimum Gasteiger partial charge on any atom is -0.373 e. The second-order valence-electron chi connectivity index (χ2n) is 6.62. The number of ether oxygens (including phenoxy) is 1. The van der Waals surface area contributed by atoms with Crippen LogP contribution in [0.25, 0.3) is 0 Å². The Hall–Kier alpha value is -0.0800. The molecule has 0 saturated carbocycles. The molecule has 2 nitrogen and oxygen atoms in total. The zero-order valence-corrected chi connectivity index (χ0v) is 12.7. The first kappa shape index (κ1) is 15.9. The first-order chi connectivity index (χ1) is 6.98. The van der Waals surface area contributed by atoms with Crippen LogP contribution in [0.4, 0.5) is 0 Å². The van der Waals surface area contributed by atoms with Gasteiger partial charge in [-0.25, -0.2) is 0 Å².